The number of carboxylic acids is 1. The molecule has 0 spiro atoms. The first kappa shape index (κ1) is 18.7. The first-order valence-electron chi connectivity index (χ1n) is 6.93. The van der Waals surface area contributed by atoms with Gasteiger partial charge in [-0.15, -0.1) is 0 Å². The number of nitrogens with zero attached hydrogens (tertiary/aromatic N) is 1. The highest BCUT2D eigenvalue weighted by Crippen LogP contribution is 2.30. The van der Waals surface area contributed by atoms with Crippen molar-refractivity contribution in [2.75, 3.05) is 5.83 Å². The molecular weight excluding hydrogens is 410 g/mol. The van der Waals surface area contributed by atoms with Gasteiger partial charge in [0.2, 0.25) is 0 Å². The van der Waals surface area contributed by atoms with Crippen molar-refractivity contribution in [3.05, 3.63) is 46.9 Å². The molecule has 0 aliphatic heterocycles. The van der Waals surface area contributed by atoms with Gasteiger partial charge in [-0.25, -0.2) is 0 Å². The summed E-state index contributed by atoms with van der Waals surface area (Å²) >= 11 is 6.39. The number of carbonyl (C=O) groups is 1. The van der Waals surface area contributed by atoms with E-state index in [-0.39, 0.29) is 6.54 Å². The summed E-state index contributed by atoms with van der Waals surface area (Å²) in [5.74, 6) is 0.980. The van der Waals surface area contributed by atoms with Crippen molar-refractivity contribution in [2.24, 2.45) is 0 Å². The van der Waals surface area contributed by atoms with Crippen LogP contribution in [0.25, 0.3) is 21.8 Å². The minimum absolute atomic E-state index is 0.0222. The monoisotopic (exact) mass is 427 g/mol. The van der Waals surface area contributed by atoms with Crippen molar-refractivity contribution in [2.45, 2.75) is 20.4 Å². The van der Waals surface area contributed by atoms with Crippen LogP contribution in [0.2, 0.25) is 0 Å². The summed E-state index contributed by atoms with van der Waals surface area (Å²) in [5.41, 5.74) is 1.90. The van der Waals surface area contributed by atoms with Crippen LogP contribution in [0.3, 0.4) is 0 Å². The van der Waals surface area contributed by atoms with Gasteiger partial charge in [0.1, 0.15) is 6.54 Å². The quantitative estimate of drug-likeness (QED) is 0.533. The Morgan fingerprint density at radius 1 is 1.05 bits per heavy atom. The minimum atomic E-state index is -0.833. The van der Waals surface area contributed by atoms with Gasteiger partial charge in [-0.05, 0) is 30.1 Å². The number of benzene rings is 2. The molecule has 1 heterocycles. The van der Waals surface area contributed by atoms with Crippen LogP contribution in [-0.2, 0) is 11.3 Å². The maximum atomic E-state index is 11.0. The Labute approximate surface area is 147 Å². The summed E-state index contributed by atoms with van der Waals surface area (Å²) in [7, 11) is 0. The van der Waals surface area contributed by atoms with Crippen LogP contribution in [0.4, 0.5) is 0 Å². The number of alkyl halides is 1. The fraction of sp³-hybridized carbons (Fsp3) is 0.235. The molecule has 1 aromatic heterocycles. The average molecular weight is 429 g/mol. The average Bonchev–Trinajstić information content (AvgIpc) is 2.85. The molecule has 0 bridgehead atoms. The number of aromatic nitrogens is 1. The molecule has 3 nitrogen and oxygen atoms in total. The molecule has 1 N–H and O–H groups in total. The Morgan fingerprint density at radius 3 is 2.27 bits per heavy atom. The SMILES string of the molecule is CBr.CC.O=C(O)Cn1c2ccccc2c2cc(Br)ccc21. The molecule has 118 valence electrons. The van der Waals surface area contributed by atoms with E-state index in [1.54, 1.807) is 0 Å². The van der Waals surface area contributed by atoms with Crippen LogP contribution in [0.5, 0.6) is 0 Å². The van der Waals surface area contributed by atoms with Crippen molar-refractivity contribution in [1.29, 1.82) is 0 Å². The van der Waals surface area contributed by atoms with Crippen LogP contribution < -0.4 is 0 Å². The first-order chi connectivity index (χ1) is 10.7. The number of halogens is 2. The van der Waals surface area contributed by atoms with Crippen LogP contribution >= 0.6 is 31.9 Å². The van der Waals surface area contributed by atoms with Gasteiger partial charge in [0.15, 0.2) is 0 Å². The molecule has 0 unspecified atom stereocenters. The van der Waals surface area contributed by atoms with Crippen molar-refractivity contribution < 1.29 is 9.90 Å². The van der Waals surface area contributed by atoms with E-state index in [4.69, 9.17) is 5.11 Å². The molecule has 0 aliphatic carbocycles. The molecule has 0 radical (unpaired) electrons. The number of para-hydroxylation sites is 1. The van der Waals surface area contributed by atoms with E-state index in [0.717, 1.165) is 26.3 Å². The molecule has 0 atom stereocenters. The zero-order valence-corrected chi connectivity index (χ0v) is 16.0. The smallest absolute Gasteiger partial charge is 0.323 e. The normalized spacial score (nSPS) is 9.68. The number of aliphatic carboxylic acids is 1. The number of hydrogen-bond donors (Lipinski definition) is 1. The van der Waals surface area contributed by atoms with E-state index in [1.165, 1.54) is 0 Å². The van der Waals surface area contributed by atoms with E-state index in [1.807, 2.05) is 66.7 Å². The molecule has 3 aromatic rings. The second kappa shape index (κ2) is 8.96. The van der Waals surface area contributed by atoms with Crippen molar-refractivity contribution in [3.63, 3.8) is 0 Å². The number of hydrogen-bond acceptors (Lipinski definition) is 1. The number of carboxylic acid groups (broad SMARTS) is 1. The van der Waals surface area contributed by atoms with E-state index in [0.29, 0.717) is 0 Å². The molecule has 0 saturated heterocycles. The van der Waals surface area contributed by atoms with Gasteiger partial charge in [-0.1, -0.05) is 63.9 Å². The summed E-state index contributed by atoms with van der Waals surface area (Å²) in [6, 6.07) is 13.8. The van der Waals surface area contributed by atoms with E-state index >= 15 is 0 Å². The molecule has 5 heteroatoms. The molecule has 0 saturated carbocycles. The third kappa shape index (κ3) is 3.90. The maximum absolute atomic E-state index is 11.0. The van der Waals surface area contributed by atoms with Crippen molar-refractivity contribution in [3.8, 4) is 0 Å². The Bertz CT molecular complexity index is 766. The third-order valence-electron chi connectivity index (χ3n) is 3.03. The van der Waals surface area contributed by atoms with Crippen molar-refractivity contribution in [1.82, 2.24) is 4.57 Å². The first-order valence-corrected chi connectivity index (χ1v) is 9.31. The molecule has 22 heavy (non-hydrogen) atoms. The topological polar surface area (TPSA) is 42.2 Å². The molecule has 0 aliphatic rings. The second-order valence-electron chi connectivity index (χ2n) is 4.16. The van der Waals surface area contributed by atoms with E-state index in [9.17, 15) is 4.79 Å². The number of fused-ring (bicyclic) bond motifs is 3. The number of rotatable bonds is 2. The highest BCUT2D eigenvalue weighted by atomic mass is 79.9. The highest BCUT2D eigenvalue weighted by molar-refractivity contribution is 9.10. The minimum Gasteiger partial charge on any atom is -0.480 e. The third-order valence-corrected chi connectivity index (χ3v) is 3.52. The van der Waals surface area contributed by atoms with Gasteiger partial charge >= 0.3 is 5.97 Å². The highest BCUT2D eigenvalue weighted by Gasteiger charge is 2.12. The Balaban J connectivity index is 0.000000561. The van der Waals surface area contributed by atoms with Crippen LogP contribution in [-0.4, -0.2) is 21.5 Å². The zero-order valence-electron chi connectivity index (χ0n) is 12.8. The fourth-order valence-electron chi connectivity index (χ4n) is 2.33. The van der Waals surface area contributed by atoms with Crippen LogP contribution in [0.1, 0.15) is 13.8 Å². The summed E-state index contributed by atoms with van der Waals surface area (Å²) in [5, 5.41) is 11.2. The lowest BCUT2D eigenvalue weighted by Crippen LogP contribution is -2.08. The Hall–Kier alpha value is -1.33. The zero-order chi connectivity index (χ0) is 16.7. The van der Waals surface area contributed by atoms with Crippen LogP contribution in [0.15, 0.2) is 46.9 Å². The standard InChI is InChI=1S/C14H10BrNO2.C2H6.CH3Br/c15-9-5-6-13-11(7-9)10-3-1-2-4-12(10)16(13)8-14(17)18;2*1-2/h1-7H,8H2,(H,17,18);1-2H3;1H3. The molecule has 2 aromatic carbocycles. The second-order valence-corrected chi connectivity index (χ2v) is 5.07. The lowest BCUT2D eigenvalue weighted by molar-refractivity contribution is -0.137. The van der Waals surface area contributed by atoms with Gasteiger partial charge < -0.3 is 9.67 Å². The summed E-state index contributed by atoms with van der Waals surface area (Å²) < 4.78 is 2.83. The molecule has 0 fully saturated rings. The summed E-state index contributed by atoms with van der Waals surface area (Å²) in [6.07, 6.45) is 0. The lowest BCUT2D eigenvalue weighted by Gasteiger charge is -2.03. The van der Waals surface area contributed by atoms with Gasteiger partial charge in [-0.3, -0.25) is 4.79 Å². The predicted molar refractivity (Wildman–Crippen MR) is 101 cm³/mol. The lowest BCUT2D eigenvalue weighted by atomic mass is 10.2. The van der Waals surface area contributed by atoms with Gasteiger partial charge in [0.05, 0.1) is 0 Å². The van der Waals surface area contributed by atoms with Crippen LogP contribution in [0, 0.1) is 0 Å². The summed E-state index contributed by atoms with van der Waals surface area (Å²) in [4.78, 5) is 11.0. The van der Waals surface area contributed by atoms with Gasteiger partial charge in [-0.2, -0.15) is 0 Å². The summed E-state index contributed by atoms with van der Waals surface area (Å²) in [6.45, 7) is 3.98. The van der Waals surface area contributed by atoms with Gasteiger partial charge in [0.25, 0.3) is 0 Å². The van der Waals surface area contributed by atoms with E-state index < -0.39 is 5.97 Å². The molecule has 0 amide bonds. The Kier molecular flexibility index (Phi) is 7.62. The van der Waals surface area contributed by atoms with Crippen molar-refractivity contribution >= 4 is 59.6 Å². The largest absolute Gasteiger partial charge is 0.480 e. The fourth-order valence-corrected chi connectivity index (χ4v) is 2.69. The maximum Gasteiger partial charge on any atom is 0.323 e. The molecular formula is C17H19Br2NO2. The van der Waals surface area contributed by atoms with Gasteiger partial charge in [0, 0.05) is 26.3 Å². The van der Waals surface area contributed by atoms with E-state index in [2.05, 4.69) is 31.9 Å². The Morgan fingerprint density at radius 2 is 1.64 bits per heavy atom. The predicted octanol–water partition coefficient (Wildman–Crippen LogP) is 5.68. The molecule has 3 rings (SSSR count).